The molecule has 0 bridgehead atoms. The third-order valence-corrected chi connectivity index (χ3v) is 7.61. The zero-order chi connectivity index (χ0) is 27.9. The van der Waals surface area contributed by atoms with Gasteiger partial charge in [-0.25, -0.2) is 13.9 Å². The van der Waals surface area contributed by atoms with E-state index in [-0.39, 0.29) is 29.1 Å². The molecule has 0 spiro atoms. The number of ether oxygens (including phenoxy) is 1. The van der Waals surface area contributed by atoms with E-state index in [1.54, 1.807) is 36.2 Å². The lowest BCUT2D eigenvalue weighted by atomic mass is 10.0. The Morgan fingerprint density at radius 3 is 2.33 bits per heavy atom. The number of thioether (sulfide) groups is 1. The van der Waals surface area contributed by atoms with Crippen LogP contribution in [0.5, 0.6) is 11.6 Å². The lowest BCUT2D eigenvalue weighted by molar-refractivity contribution is -0.131. The van der Waals surface area contributed by atoms with E-state index in [9.17, 15) is 18.8 Å². The first-order chi connectivity index (χ1) is 19.3. The summed E-state index contributed by atoms with van der Waals surface area (Å²) in [6.07, 6.45) is 6.10. The number of fused-ring (bicyclic) bond motifs is 1. The van der Waals surface area contributed by atoms with Crippen LogP contribution in [0.25, 0.3) is 5.65 Å². The molecule has 12 heteroatoms. The molecule has 0 saturated heterocycles. The summed E-state index contributed by atoms with van der Waals surface area (Å²) in [5, 5.41) is 12.5. The van der Waals surface area contributed by atoms with Crippen molar-refractivity contribution in [2.75, 3.05) is 22.2 Å². The van der Waals surface area contributed by atoms with E-state index in [2.05, 4.69) is 26.0 Å². The quantitative estimate of drug-likeness (QED) is 0.192. The largest absolute Gasteiger partial charge is 0.434 e. The van der Waals surface area contributed by atoms with Crippen LogP contribution in [0.15, 0.2) is 65.7 Å². The number of hydrogen-bond acceptors (Lipinski definition) is 7. The Labute approximate surface area is 232 Å². The summed E-state index contributed by atoms with van der Waals surface area (Å²) >= 11 is 1.59. The molecule has 2 heterocycles. The molecular formula is C28H25FN6O4S. The maximum absolute atomic E-state index is 14.9. The summed E-state index contributed by atoms with van der Waals surface area (Å²) in [6.45, 7) is 0. The summed E-state index contributed by atoms with van der Waals surface area (Å²) in [4.78, 5) is 43.2. The minimum absolute atomic E-state index is 0.0436. The van der Waals surface area contributed by atoms with Gasteiger partial charge in [0.1, 0.15) is 5.41 Å². The Kier molecular flexibility index (Phi) is 6.62. The van der Waals surface area contributed by atoms with Crippen LogP contribution in [0.2, 0.25) is 0 Å². The molecule has 40 heavy (non-hydrogen) atoms. The molecule has 2 aromatic heterocycles. The van der Waals surface area contributed by atoms with Crippen LogP contribution in [-0.2, 0) is 14.4 Å². The zero-order valence-corrected chi connectivity index (χ0v) is 22.3. The normalized spacial score (nSPS) is 15.3. The molecule has 6 rings (SSSR count). The van der Waals surface area contributed by atoms with Crippen LogP contribution in [0.4, 0.5) is 21.6 Å². The highest BCUT2D eigenvalue weighted by atomic mass is 32.2. The van der Waals surface area contributed by atoms with Gasteiger partial charge >= 0.3 is 0 Å². The van der Waals surface area contributed by atoms with Crippen molar-refractivity contribution >= 4 is 52.3 Å². The Balaban J connectivity index is 1.09. The SMILES string of the molecule is CSc1ccc(NC(=O)C2(C(=O)Nc3ccc(Oc4ccc5nc(NC(=O)C6CC6)cn5n4)c(F)c3)CC2)cc1. The van der Waals surface area contributed by atoms with Gasteiger partial charge < -0.3 is 20.7 Å². The maximum atomic E-state index is 14.9. The highest BCUT2D eigenvalue weighted by Crippen LogP contribution is 2.47. The second-order valence-electron chi connectivity index (χ2n) is 9.83. The van der Waals surface area contributed by atoms with Gasteiger partial charge in [-0.2, -0.15) is 0 Å². The van der Waals surface area contributed by atoms with Gasteiger partial charge in [-0.3, -0.25) is 14.4 Å². The molecule has 0 atom stereocenters. The number of nitrogens with zero attached hydrogens (tertiary/aromatic N) is 3. The lowest BCUT2D eigenvalue weighted by Crippen LogP contribution is -2.35. The van der Waals surface area contributed by atoms with Crippen molar-refractivity contribution in [3.63, 3.8) is 0 Å². The van der Waals surface area contributed by atoms with Crippen molar-refractivity contribution < 1.29 is 23.5 Å². The molecule has 2 aliphatic rings. The molecule has 2 aromatic carbocycles. The smallest absolute Gasteiger partial charge is 0.240 e. The van der Waals surface area contributed by atoms with Crippen LogP contribution in [0.1, 0.15) is 25.7 Å². The number of benzene rings is 2. The second kappa shape index (κ2) is 10.3. The number of halogens is 1. The predicted molar refractivity (Wildman–Crippen MR) is 148 cm³/mol. The average molecular weight is 561 g/mol. The molecule has 4 aromatic rings. The first-order valence-electron chi connectivity index (χ1n) is 12.7. The molecule has 2 fully saturated rings. The van der Waals surface area contributed by atoms with Gasteiger partial charge in [0.05, 0.1) is 6.20 Å². The van der Waals surface area contributed by atoms with E-state index in [1.807, 2.05) is 18.4 Å². The van der Waals surface area contributed by atoms with Gasteiger partial charge in [0.15, 0.2) is 23.0 Å². The van der Waals surface area contributed by atoms with Gasteiger partial charge in [0.2, 0.25) is 23.6 Å². The fourth-order valence-electron chi connectivity index (χ4n) is 4.19. The fourth-order valence-corrected chi connectivity index (χ4v) is 4.59. The van der Waals surface area contributed by atoms with E-state index >= 15 is 0 Å². The number of hydrogen-bond donors (Lipinski definition) is 3. The number of rotatable bonds is 9. The van der Waals surface area contributed by atoms with Crippen molar-refractivity contribution in [2.24, 2.45) is 11.3 Å². The number of anilines is 3. The average Bonchev–Trinajstić information content (AvgIpc) is 3.87. The van der Waals surface area contributed by atoms with Gasteiger partial charge in [0, 0.05) is 34.3 Å². The Morgan fingerprint density at radius 2 is 1.68 bits per heavy atom. The van der Waals surface area contributed by atoms with E-state index in [1.165, 1.54) is 22.7 Å². The van der Waals surface area contributed by atoms with Crippen LogP contribution < -0.4 is 20.7 Å². The summed E-state index contributed by atoms with van der Waals surface area (Å²) < 4.78 is 21.9. The van der Waals surface area contributed by atoms with E-state index in [0.29, 0.717) is 30.0 Å². The number of nitrogens with one attached hydrogen (secondary N) is 3. The molecule has 204 valence electrons. The summed E-state index contributed by atoms with van der Waals surface area (Å²) in [5.41, 5.74) is 0.112. The molecule has 2 saturated carbocycles. The van der Waals surface area contributed by atoms with Crippen molar-refractivity contribution in [3.05, 3.63) is 66.6 Å². The number of amides is 3. The Hall–Kier alpha value is -4.45. The number of carbonyl (C=O) groups excluding carboxylic acids is 3. The molecule has 0 radical (unpaired) electrons. The third-order valence-electron chi connectivity index (χ3n) is 6.87. The molecular weight excluding hydrogens is 535 g/mol. The van der Waals surface area contributed by atoms with E-state index in [4.69, 9.17) is 4.74 Å². The first-order valence-corrected chi connectivity index (χ1v) is 14.0. The van der Waals surface area contributed by atoms with Crippen LogP contribution in [0, 0.1) is 17.2 Å². The van der Waals surface area contributed by atoms with Gasteiger partial charge in [-0.1, -0.05) is 0 Å². The summed E-state index contributed by atoms with van der Waals surface area (Å²) in [6, 6.07) is 14.5. The monoisotopic (exact) mass is 560 g/mol. The van der Waals surface area contributed by atoms with Crippen LogP contribution >= 0.6 is 11.8 Å². The number of imidazole rings is 1. The Morgan fingerprint density at radius 1 is 0.975 bits per heavy atom. The molecule has 0 aliphatic heterocycles. The number of carbonyl (C=O) groups is 3. The molecule has 3 N–H and O–H groups in total. The molecule has 0 unspecified atom stereocenters. The molecule has 2 aliphatic carbocycles. The standard InChI is InChI=1S/C28H25FN6O4S/c1-40-19-7-4-17(5-8-19)30-26(37)28(12-13-28)27(38)31-18-6-9-21(20(29)14-18)39-24-11-10-23-32-22(15-35(23)34-24)33-25(36)16-2-3-16/h4-11,14-16H,2-3,12-13H2,1H3,(H,30,37)(H,31,38)(H,33,36). The topological polar surface area (TPSA) is 127 Å². The minimum Gasteiger partial charge on any atom is -0.434 e. The van der Waals surface area contributed by atoms with E-state index in [0.717, 1.165) is 23.8 Å². The minimum atomic E-state index is -1.19. The lowest BCUT2D eigenvalue weighted by Gasteiger charge is -2.16. The van der Waals surface area contributed by atoms with Crippen molar-refractivity contribution in [1.82, 2.24) is 14.6 Å². The van der Waals surface area contributed by atoms with E-state index < -0.39 is 23.0 Å². The zero-order valence-electron chi connectivity index (χ0n) is 21.4. The van der Waals surface area contributed by atoms with Crippen molar-refractivity contribution in [3.8, 4) is 11.6 Å². The van der Waals surface area contributed by atoms with Crippen molar-refractivity contribution in [1.29, 1.82) is 0 Å². The van der Waals surface area contributed by atoms with Gasteiger partial charge in [-0.15, -0.1) is 16.9 Å². The second-order valence-corrected chi connectivity index (χ2v) is 10.7. The summed E-state index contributed by atoms with van der Waals surface area (Å²) in [5.74, 6) is -1.23. The third kappa shape index (κ3) is 5.34. The highest BCUT2D eigenvalue weighted by molar-refractivity contribution is 7.98. The summed E-state index contributed by atoms with van der Waals surface area (Å²) in [7, 11) is 0. The predicted octanol–water partition coefficient (Wildman–Crippen LogP) is 5.09. The fraction of sp³-hybridized carbons (Fsp3) is 0.250. The van der Waals surface area contributed by atoms with Crippen LogP contribution in [-0.4, -0.2) is 38.6 Å². The van der Waals surface area contributed by atoms with Crippen LogP contribution in [0.3, 0.4) is 0 Å². The van der Waals surface area contributed by atoms with Gasteiger partial charge in [0.25, 0.3) is 0 Å². The molecule has 3 amide bonds. The Bertz CT molecular complexity index is 1630. The molecule has 10 nitrogen and oxygen atoms in total. The van der Waals surface area contributed by atoms with Crippen molar-refractivity contribution in [2.45, 2.75) is 30.6 Å². The maximum Gasteiger partial charge on any atom is 0.240 e. The van der Waals surface area contributed by atoms with Gasteiger partial charge in [-0.05, 0) is 74.4 Å². The number of aromatic nitrogens is 3. The first kappa shape index (κ1) is 25.8. The highest BCUT2D eigenvalue weighted by Gasteiger charge is 2.56.